The van der Waals surface area contributed by atoms with Crippen molar-refractivity contribution >= 4 is 11.7 Å². The average Bonchev–Trinajstić information content (AvgIpc) is 2.95. The molecule has 21 heavy (non-hydrogen) atoms. The predicted molar refractivity (Wildman–Crippen MR) is 84.0 cm³/mol. The molecule has 0 aliphatic carbocycles. The van der Waals surface area contributed by atoms with E-state index in [1.54, 1.807) is 0 Å². The Morgan fingerprint density at radius 3 is 2.81 bits per heavy atom. The summed E-state index contributed by atoms with van der Waals surface area (Å²) in [5.74, 6) is 1.50. The van der Waals surface area contributed by atoms with Gasteiger partial charge in [-0.2, -0.15) is 5.10 Å². The Labute approximate surface area is 126 Å². The number of carbonyl (C=O) groups is 1. The van der Waals surface area contributed by atoms with Gasteiger partial charge >= 0.3 is 0 Å². The van der Waals surface area contributed by atoms with E-state index in [4.69, 9.17) is 5.73 Å². The molecule has 0 aromatic carbocycles. The summed E-state index contributed by atoms with van der Waals surface area (Å²) >= 11 is 0. The van der Waals surface area contributed by atoms with Gasteiger partial charge < -0.3 is 16.0 Å². The van der Waals surface area contributed by atoms with Gasteiger partial charge in [0.05, 0.1) is 11.6 Å². The molecule has 1 atom stereocenters. The standard InChI is InChI=1S/C15H27N5O/c1-10(2)7-17-8-13-11(3)18-19(4)15(13)20-6-5-12(9-20)14(16)21/h10,12,17H,5-9H2,1-4H3,(H2,16,21). The van der Waals surface area contributed by atoms with Crippen LogP contribution in [0.4, 0.5) is 5.82 Å². The SMILES string of the molecule is Cc1nn(C)c(N2CCC(C(N)=O)C2)c1CNCC(C)C. The third-order valence-electron chi connectivity index (χ3n) is 4.06. The molecule has 1 unspecified atom stereocenters. The average molecular weight is 293 g/mol. The third-order valence-corrected chi connectivity index (χ3v) is 4.06. The minimum atomic E-state index is -0.198. The lowest BCUT2D eigenvalue weighted by Crippen LogP contribution is -2.29. The van der Waals surface area contributed by atoms with Crippen LogP contribution in [0.3, 0.4) is 0 Å². The molecule has 0 saturated carbocycles. The van der Waals surface area contributed by atoms with Gasteiger partial charge in [0, 0.05) is 32.2 Å². The van der Waals surface area contributed by atoms with Gasteiger partial charge in [-0.3, -0.25) is 9.48 Å². The fourth-order valence-electron chi connectivity index (χ4n) is 2.96. The lowest BCUT2D eigenvalue weighted by atomic mass is 10.1. The molecule has 1 saturated heterocycles. The fourth-order valence-corrected chi connectivity index (χ4v) is 2.96. The monoisotopic (exact) mass is 293 g/mol. The van der Waals surface area contributed by atoms with Crippen LogP contribution in [-0.2, 0) is 18.4 Å². The van der Waals surface area contributed by atoms with E-state index in [2.05, 4.69) is 29.2 Å². The summed E-state index contributed by atoms with van der Waals surface area (Å²) in [4.78, 5) is 13.6. The molecule has 0 bridgehead atoms. The lowest BCUT2D eigenvalue weighted by Gasteiger charge is -2.20. The maximum absolute atomic E-state index is 11.4. The van der Waals surface area contributed by atoms with E-state index in [0.717, 1.165) is 37.6 Å². The summed E-state index contributed by atoms with van der Waals surface area (Å²) in [5, 5.41) is 8.02. The van der Waals surface area contributed by atoms with Gasteiger partial charge in [-0.25, -0.2) is 0 Å². The topological polar surface area (TPSA) is 76.2 Å². The molecular weight excluding hydrogens is 266 g/mol. The Balaban J connectivity index is 2.13. The summed E-state index contributed by atoms with van der Waals surface area (Å²) < 4.78 is 1.92. The van der Waals surface area contributed by atoms with Crippen LogP contribution in [-0.4, -0.2) is 35.3 Å². The summed E-state index contributed by atoms with van der Waals surface area (Å²) in [5.41, 5.74) is 7.71. The van der Waals surface area contributed by atoms with E-state index in [1.165, 1.54) is 5.56 Å². The summed E-state index contributed by atoms with van der Waals surface area (Å²) in [6.07, 6.45) is 0.832. The second-order valence-corrected chi connectivity index (χ2v) is 6.37. The van der Waals surface area contributed by atoms with Gasteiger partial charge in [-0.15, -0.1) is 0 Å². The van der Waals surface area contributed by atoms with Crippen molar-refractivity contribution in [1.29, 1.82) is 0 Å². The Bertz CT molecular complexity index is 508. The van der Waals surface area contributed by atoms with Gasteiger partial charge in [-0.05, 0) is 25.8 Å². The van der Waals surface area contributed by atoms with Crippen molar-refractivity contribution in [1.82, 2.24) is 15.1 Å². The van der Waals surface area contributed by atoms with Crippen molar-refractivity contribution < 1.29 is 4.79 Å². The minimum Gasteiger partial charge on any atom is -0.369 e. The number of nitrogens with two attached hydrogens (primary N) is 1. The molecule has 1 aliphatic rings. The number of aryl methyl sites for hydroxylation is 2. The molecule has 0 spiro atoms. The van der Waals surface area contributed by atoms with Crippen LogP contribution in [0.1, 0.15) is 31.5 Å². The minimum absolute atomic E-state index is 0.0447. The van der Waals surface area contributed by atoms with Crippen molar-refractivity contribution in [2.24, 2.45) is 24.6 Å². The zero-order valence-electron chi connectivity index (χ0n) is 13.5. The smallest absolute Gasteiger partial charge is 0.222 e. The first-order valence-corrected chi connectivity index (χ1v) is 7.67. The maximum atomic E-state index is 11.4. The summed E-state index contributed by atoms with van der Waals surface area (Å²) in [6.45, 7) is 9.79. The highest BCUT2D eigenvalue weighted by atomic mass is 16.1. The summed E-state index contributed by atoms with van der Waals surface area (Å²) in [6, 6.07) is 0. The first-order chi connectivity index (χ1) is 9.90. The Morgan fingerprint density at radius 2 is 2.24 bits per heavy atom. The Morgan fingerprint density at radius 1 is 1.52 bits per heavy atom. The number of primary amides is 1. The van der Waals surface area contributed by atoms with Crippen molar-refractivity contribution in [3.05, 3.63) is 11.3 Å². The van der Waals surface area contributed by atoms with E-state index in [0.29, 0.717) is 12.5 Å². The van der Waals surface area contributed by atoms with Crippen LogP contribution >= 0.6 is 0 Å². The summed E-state index contributed by atoms with van der Waals surface area (Å²) in [7, 11) is 1.96. The van der Waals surface area contributed by atoms with E-state index in [9.17, 15) is 4.79 Å². The number of nitrogens with one attached hydrogen (secondary N) is 1. The molecule has 1 fully saturated rings. The third kappa shape index (κ3) is 3.56. The van der Waals surface area contributed by atoms with Gasteiger partial charge in [0.25, 0.3) is 0 Å². The molecule has 3 N–H and O–H groups in total. The van der Waals surface area contributed by atoms with Crippen LogP contribution in [0.15, 0.2) is 0 Å². The molecule has 1 aromatic rings. The van der Waals surface area contributed by atoms with Crippen molar-refractivity contribution in [2.75, 3.05) is 24.5 Å². The van der Waals surface area contributed by atoms with Crippen LogP contribution in [0.2, 0.25) is 0 Å². The number of anilines is 1. The van der Waals surface area contributed by atoms with Gasteiger partial charge in [0.1, 0.15) is 5.82 Å². The molecule has 1 aliphatic heterocycles. The van der Waals surface area contributed by atoms with Crippen molar-refractivity contribution in [3.63, 3.8) is 0 Å². The highest BCUT2D eigenvalue weighted by molar-refractivity contribution is 5.78. The van der Waals surface area contributed by atoms with Gasteiger partial charge in [0.2, 0.25) is 5.91 Å². The molecular formula is C15H27N5O. The first-order valence-electron chi connectivity index (χ1n) is 7.67. The second-order valence-electron chi connectivity index (χ2n) is 6.37. The molecule has 118 valence electrons. The van der Waals surface area contributed by atoms with Gasteiger partial charge in [-0.1, -0.05) is 13.8 Å². The maximum Gasteiger partial charge on any atom is 0.222 e. The van der Waals surface area contributed by atoms with Crippen LogP contribution in [0, 0.1) is 18.8 Å². The first kappa shape index (κ1) is 15.8. The lowest BCUT2D eigenvalue weighted by molar-refractivity contribution is -0.121. The Hall–Kier alpha value is -1.56. The van der Waals surface area contributed by atoms with Crippen LogP contribution in [0.25, 0.3) is 0 Å². The van der Waals surface area contributed by atoms with Gasteiger partial charge in [0.15, 0.2) is 0 Å². The molecule has 2 heterocycles. The normalized spacial score (nSPS) is 18.7. The number of carbonyl (C=O) groups excluding carboxylic acids is 1. The molecule has 1 aromatic heterocycles. The molecule has 2 rings (SSSR count). The van der Waals surface area contributed by atoms with Crippen LogP contribution < -0.4 is 16.0 Å². The van der Waals surface area contributed by atoms with E-state index >= 15 is 0 Å². The quantitative estimate of drug-likeness (QED) is 0.813. The second kappa shape index (κ2) is 6.47. The highest BCUT2D eigenvalue weighted by Gasteiger charge is 2.30. The zero-order chi connectivity index (χ0) is 15.6. The van der Waals surface area contributed by atoms with E-state index in [1.807, 2.05) is 18.7 Å². The van der Waals surface area contributed by atoms with E-state index in [-0.39, 0.29) is 11.8 Å². The number of hydrogen-bond acceptors (Lipinski definition) is 4. The van der Waals surface area contributed by atoms with Crippen molar-refractivity contribution in [2.45, 2.75) is 33.7 Å². The predicted octanol–water partition coefficient (Wildman–Crippen LogP) is 0.786. The number of hydrogen-bond donors (Lipinski definition) is 2. The van der Waals surface area contributed by atoms with E-state index < -0.39 is 0 Å². The number of nitrogens with zero attached hydrogens (tertiary/aromatic N) is 3. The Kier molecular flexibility index (Phi) is 4.88. The fraction of sp³-hybridized carbons (Fsp3) is 0.733. The number of rotatable bonds is 6. The van der Waals surface area contributed by atoms with Crippen LogP contribution in [0.5, 0.6) is 0 Å². The largest absolute Gasteiger partial charge is 0.369 e. The molecule has 6 nitrogen and oxygen atoms in total. The molecule has 1 amide bonds. The number of amides is 1. The zero-order valence-corrected chi connectivity index (χ0v) is 13.5. The van der Waals surface area contributed by atoms with Crippen molar-refractivity contribution in [3.8, 4) is 0 Å². The molecule has 0 radical (unpaired) electrons. The molecule has 6 heteroatoms. The highest BCUT2D eigenvalue weighted by Crippen LogP contribution is 2.28. The number of aromatic nitrogens is 2.